The van der Waals surface area contributed by atoms with E-state index in [4.69, 9.17) is 0 Å². The van der Waals surface area contributed by atoms with Crippen molar-refractivity contribution >= 4 is 29.9 Å². The van der Waals surface area contributed by atoms with E-state index in [1.807, 2.05) is 32.3 Å². The minimum absolute atomic E-state index is 0. The van der Waals surface area contributed by atoms with Gasteiger partial charge in [0, 0.05) is 39.6 Å². The van der Waals surface area contributed by atoms with Crippen molar-refractivity contribution in [2.45, 2.75) is 13.1 Å². The first-order valence-corrected chi connectivity index (χ1v) is 6.76. The molecule has 1 aromatic heterocycles. The Balaban J connectivity index is 0.00000220. The van der Waals surface area contributed by atoms with Gasteiger partial charge in [0.15, 0.2) is 5.96 Å². The van der Waals surface area contributed by atoms with Gasteiger partial charge in [-0.2, -0.15) is 0 Å². The van der Waals surface area contributed by atoms with E-state index in [1.165, 1.54) is 11.3 Å². The standard InChI is InChI=1S/C16H22N4.HI/c1-17-16(18-12-14-8-5-4-6-9-14)20(3)13-15-10-7-11-19(15)2;/h4-11H,12-13H2,1-3H3,(H,17,18);1H. The Morgan fingerprint density at radius 2 is 1.90 bits per heavy atom. The van der Waals surface area contributed by atoms with E-state index in [1.54, 1.807) is 0 Å². The molecule has 0 aliphatic carbocycles. The van der Waals surface area contributed by atoms with E-state index in [0.29, 0.717) is 0 Å². The molecule has 1 aromatic carbocycles. The van der Waals surface area contributed by atoms with Crippen molar-refractivity contribution in [2.24, 2.45) is 12.0 Å². The fourth-order valence-electron chi connectivity index (χ4n) is 2.14. The monoisotopic (exact) mass is 398 g/mol. The van der Waals surface area contributed by atoms with Gasteiger partial charge >= 0.3 is 0 Å². The first kappa shape index (κ1) is 17.6. The smallest absolute Gasteiger partial charge is 0.194 e. The highest BCUT2D eigenvalue weighted by Gasteiger charge is 2.07. The number of aryl methyl sites for hydroxylation is 1. The van der Waals surface area contributed by atoms with Crippen LogP contribution in [0.25, 0.3) is 0 Å². The number of nitrogens with one attached hydrogen (secondary N) is 1. The second-order valence-electron chi connectivity index (χ2n) is 4.85. The fourth-order valence-corrected chi connectivity index (χ4v) is 2.14. The molecule has 5 heteroatoms. The van der Waals surface area contributed by atoms with E-state index in [-0.39, 0.29) is 24.0 Å². The fraction of sp³-hybridized carbons (Fsp3) is 0.312. The lowest BCUT2D eigenvalue weighted by atomic mass is 10.2. The summed E-state index contributed by atoms with van der Waals surface area (Å²) < 4.78 is 2.13. The molecule has 0 aliphatic heterocycles. The summed E-state index contributed by atoms with van der Waals surface area (Å²) in [6.45, 7) is 1.61. The molecule has 4 nitrogen and oxygen atoms in total. The molecule has 0 unspecified atom stereocenters. The highest BCUT2D eigenvalue weighted by atomic mass is 127. The molecule has 0 atom stereocenters. The first-order chi connectivity index (χ1) is 9.70. The maximum absolute atomic E-state index is 4.34. The zero-order valence-corrected chi connectivity index (χ0v) is 15.1. The molecule has 0 amide bonds. The van der Waals surface area contributed by atoms with Gasteiger partial charge in [-0.3, -0.25) is 4.99 Å². The highest BCUT2D eigenvalue weighted by molar-refractivity contribution is 14.0. The molecular formula is C16H23IN4. The lowest BCUT2D eigenvalue weighted by Gasteiger charge is -2.22. The SMILES string of the molecule is CN=C(NCc1ccccc1)N(C)Cc1cccn1C.I. The topological polar surface area (TPSA) is 32.6 Å². The number of guanidine groups is 1. The number of aliphatic imine (C=N–C) groups is 1. The summed E-state index contributed by atoms with van der Waals surface area (Å²) in [4.78, 5) is 6.46. The molecule has 0 aliphatic rings. The average Bonchev–Trinajstić information content (AvgIpc) is 2.86. The Hall–Kier alpha value is -1.50. The van der Waals surface area contributed by atoms with Gasteiger partial charge in [-0.25, -0.2) is 0 Å². The van der Waals surface area contributed by atoms with Crippen molar-refractivity contribution in [1.29, 1.82) is 0 Å². The summed E-state index contributed by atoms with van der Waals surface area (Å²) in [7, 11) is 5.92. The summed E-state index contributed by atoms with van der Waals surface area (Å²) in [6.07, 6.45) is 2.06. The third kappa shape index (κ3) is 5.08. The Morgan fingerprint density at radius 1 is 1.19 bits per heavy atom. The number of benzene rings is 1. The third-order valence-corrected chi connectivity index (χ3v) is 3.32. The van der Waals surface area contributed by atoms with Crippen molar-refractivity contribution in [3.8, 4) is 0 Å². The molecule has 0 saturated heterocycles. The van der Waals surface area contributed by atoms with E-state index in [0.717, 1.165) is 19.0 Å². The number of hydrogen-bond acceptors (Lipinski definition) is 1. The van der Waals surface area contributed by atoms with Crippen LogP contribution in [0.5, 0.6) is 0 Å². The van der Waals surface area contributed by atoms with Crippen molar-refractivity contribution in [3.05, 3.63) is 59.9 Å². The quantitative estimate of drug-likeness (QED) is 0.488. The minimum atomic E-state index is 0. The van der Waals surface area contributed by atoms with E-state index < -0.39 is 0 Å². The summed E-state index contributed by atoms with van der Waals surface area (Å²) in [5.41, 5.74) is 2.51. The minimum Gasteiger partial charge on any atom is -0.353 e. The van der Waals surface area contributed by atoms with Crippen molar-refractivity contribution in [1.82, 2.24) is 14.8 Å². The van der Waals surface area contributed by atoms with Crippen LogP contribution in [0.1, 0.15) is 11.3 Å². The summed E-state index contributed by atoms with van der Waals surface area (Å²) in [5, 5.41) is 3.38. The van der Waals surface area contributed by atoms with Gasteiger partial charge in [0.25, 0.3) is 0 Å². The van der Waals surface area contributed by atoms with Crippen LogP contribution in [-0.4, -0.2) is 29.5 Å². The van der Waals surface area contributed by atoms with Gasteiger partial charge in [-0.05, 0) is 17.7 Å². The molecular weight excluding hydrogens is 375 g/mol. The van der Waals surface area contributed by atoms with E-state index in [2.05, 4.69) is 57.3 Å². The van der Waals surface area contributed by atoms with Gasteiger partial charge in [0.05, 0.1) is 6.54 Å². The molecule has 0 fully saturated rings. The zero-order chi connectivity index (χ0) is 14.4. The maximum atomic E-state index is 4.34. The van der Waals surface area contributed by atoms with Crippen LogP contribution < -0.4 is 5.32 Å². The number of halogens is 1. The number of rotatable bonds is 4. The normalized spacial score (nSPS) is 10.9. The zero-order valence-electron chi connectivity index (χ0n) is 12.8. The first-order valence-electron chi connectivity index (χ1n) is 6.76. The molecule has 114 valence electrons. The lowest BCUT2D eigenvalue weighted by molar-refractivity contribution is 0.461. The summed E-state index contributed by atoms with van der Waals surface area (Å²) in [6, 6.07) is 14.5. The average molecular weight is 398 g/mol. The molecule has 2 rings (SSSR count). The van der Waals surface area contributed by atoms with Crippen LogP contribution in [0, 0.1) is 0 Å². The maximum Gasteiger partial charge on any atom is 0.194 e. The molecule has 0 bridgehead atoms. The lowest BCUT2D eigenvalue weighted by Crippen LogP contribution is -2.38. The van der Waals surface area contributed by atoms with Gasteiger partial charge in [0.2, 0.25) is 0 Å². The number of aromatic nitrogens is 1. The van der Waals surface area contributed by atoms with Crippen LogP contribution in [-0.2, 0) is 20.1 Å². The molecule has 1 N–H and O–H groups in total. The van der Waals surface area contributed by atoms with Crippen molar-refractivity contribution < 1.29 is 0 Å². The molecule has 1 heterocycles. The molecule has 0 saturated carbocycles. The van der Waals surface area contributed by atoms with Crippen molar-refractivity contribution in [2.75, 3.05) is 14.1 Å². The van der Waals surface area contributed by atoms with E-state index in [9.17, 15) is 0 Å². The molecule has 21 heavy (non-hydrogen) atoms. The molecule has 0 spiro atoms. The van der Waals surface area contributed by atoms with E-state index >= 15 is 0 Å². The number of hydrogen-bond donors (Lipinski definition) is 1. The highest BCUT2D eigenvalue weighted by Crippen LogP contribution is 2.04. The van der Waals surface area contributed by atoms with Gasteiger partial charge in [-0.1, -0.05) is 30.3 Å². The Morgan fingerprint density at radius 3 is 2.48 bits per heavy atom. The predicted molar refractivity (Wildman–Crippen MR) is 98.9 cm³/mol. The largest absolute Gasteiger partial charge is 0.353 e. The summed E-state index contributed by atoms with van der Waals surface area (Å²) >= 11 is 0. The third-order valence-electron chi connectivity index (χ3n) is 3.32. The van der Waals surface area contributed by atoms with Crippen LogP contribution in [0.3, 0.4) is 0 Å². The Labute approximate surface area is 143 Å². The summed E-state index contributed by atoms with van der Waals surface area (Å²) in [5.74, 6) is 0.898. The molecule has 2 aromatic rings. The molecule has 0 radical (unpaired) electrons. The number of nitrogens with zero attached hydrogens (tertiary/aromatic N) is 3. The second-order valence-corrected chi connectivity index (χ2v) is 4.85. The van der Waals surface area contributed by atoms with Gasteiger partial charge in [-0.15, -0.1) is 24.0 Å². The van der Waals surface area contributed by atoms with Crippen LogP contribution in [0.4, 0.5) is 0 Å². The Kier molecular flexibility index (Phi) is 7.28. The Bertz CT molecular complexity index is 563. The van der Waals surface area contributed by atoms with Crippen molar-refractivity contribution in [3.63, 3.8) is 0 Å². The predicted octanol–water partition coefficient (Wildman–Crippen LogP) is 2.85. The van der Waals surface area contributed by atoms with Crippen LogP contribution >= 0.6 is 24.0 Å². The van der Waals surface area contributed by atoms with Gasteiger partial charge in [0.1, 0.15) is 0 Å². The second kappa shape index (κ2) is 8.71. The van der Waals surface area contributed by atoms with Crippen LogP contribution in [0.15, 0.2) is 53.7 Å². The van der Waals surface area contributed by atoms with Crippen LogP contribution in [0.2, 0.25) is 0 Å². The van der Waals surface area contributed by atoms with Gasteiger partial charge < -0.3 is 14.8 Å².